The number of anilines is 1. The number of nitrogens with zero attached hydrogens (tertiary/aromatic N) is 1. The Balaban J connectivity index is 2.18. The number of carboxylic acid groups (broad SMARTS) is 1. The van der Waals surface area contributed by atoms with Crippen LogP contribution < -0.4 is 4.90 Å². The van der Waals surface area contributed by atoms with E-state index in [1.54, 1.807) is 25.2 Å². The van der Waals surface area contributed by atoms with Gasteiger partial charge in [-0.2, -0.15) is 0 Å². The van der Waals surface area contributed by atoms with Crippen molar-refractivity contribution in [3.8, 4) is 0 Å². The normalized spacial score (nSPS) is 29.6. The van der Waals surface area contributed by atoms with Gasteiger partial charge in [0, 0.05) is 17.8 Å². The zero-order valence-corrected chi connectivity index (χ0v) is 9.86. The molecular weight excluding hydrogens is 242 g/mol. The van der Waals surface area contributed by atoms with E-state index in [2.05, 4.69) is 0 Å². The van der Waals surface area contributed by atoms with Gasteiger partial charge in [0.1, 0.15) is 0 Å². The number of hydrogen-bond donors (Lipinski definition) is 1. The molecule has 2 atom stereocenters. The van der Waals surface area contributed by atoms with Crippen LogP contribution in [0.4, 0.5) is 5.69 Å². The number of halogens is 1. The highest BCUT2D eigenvalue weighted by Crippen LogP contribution is 2.61. The van der Waals surface area contributed by atoms with Crippen molar-refractivity contribution in [1.29, 1.82) is 0 Å². The van der Waals surface area contributed by atoms with Crippen molar-refractivity contribution in [3.05, 3.63) is 28.8 Å². The first kappa shape index (κ1) is 10.6. The van der Waals surface area contributed by atoms with Crippen molar-refractivity contribution in [2.24, 2.45) is 5.92 Å². The monoisotopic (exact) mass is 251 g/mol. The van der Waals surface area contributed by atoms with E-state index in [0.29, 0.717) is 11.4 Å². The molecule has 0 bridgehead atoms. The average Bonchev–Trinajstić information content (AvgIpc) is 2.99. The molecule has 1 spiro atoms. The van der Waals surface area contributed by atoms with Gasteiger partial charge in [0.05, 0.1) is 11.3 Å². The molecule has 1 aromatic carbocycles. The predicted octanol–water partition coefficient (Wildman–Crippen LogP) is 1.66. The van der Waals surface area contributed by atoms with Crippen molar-refractivity contribution >= 4 is 29.2 Å². The Morgan fingerprint density at radius 1 is 1.59 bits per heavy atom. The summed E-state index contributed by atoms with van der Waals surface area (Å²) in [6.45, 7) is 0. The van der Waals surface area contributed by atoms with Crippen molar-refractivity contribution < 1.29 is 14.7 Å². The van der Waals surface area contributed by atoms with Gasteiger partial charge in [0.25, 0.3) is 0 Å². The minimum atomic E-state index is -0.917. The minimum Gasteiger partial charge on any atom is -0.481 e. The molecule has 1 aliphatic carbocycles. The molecule has 1 aromatic rings. The van der Waals surface area contributed by atoms with Gasteiger partial charge in [0.15, 0.2) is 0 Å². The molecule has 0 unspecified atom stereocenters. The molecule has 1 amide bonds. The first-order chi connectivity index (χ1) is 7.98. The number of aliphatic carboxylic acids is 1. The largest absolute Gasteiger partial charge is 0.481 e. The number of rotatable bonds is 1. The van der Waals surface area contributed by atoms with Gasteiger partial charge in [0.2, 0.25) is 5.91 Å². The zero-order valence-electron chi connectivity index (χ0n) is 9.11. The lowest BCUT2D eigenvalue weighted by atomic mass is 9.95. The number of benzene rings is 1. The summed E-state index contributed by atoms with van der Waals surface area (Å²) in [6.07, 6.45) is 0.374. The van der Waals surface area contributed by atoms with Crippen molar-refractivity contribution in [1.82, 2.24) is 0 Å². The first-order valence-corrected chi connectivity index (χ1v) is 5.67. The van der Waals surface area contributed by atoms with Crippen LogP contribution in [0.5, 0.6) is 0 Å². The van der Waals surface area contributed by atoms with Gasteiger partial charge in [-0.1, -0.05) is 11.6 Å². The van der Waals surface area contributed by atoms with E-state index < -0.39 is 17.3 Å². The molecule has 1 N–H and O–H groups in total. The Kier molecular flexibility index (Phi) is 1.88. The second-order valence-electron chi connectivity index (χ2n) is 4.59. The maximum Gasteiger partial charge on any atom is 0.307 e. The summed E-state index contributed by atoms with van der Waals surface area (Å²) in [5, 5.41) is 9.60. The Bertz CT molecular complexity index is 557. The number of carbonyl (C=O) groups excluding carboxylic acids is 1. The van der Waals surface area contributed by atoms with E-state index in [-0.39, 0.29) is 5.91 Å². The minimum absolute atomic E-state index is 0.137. The topological polar surface area (TPSA) is 57.6 Å². The number of fused-ring (bicyclic) bond motifs is 2. The molecular formula is C12H10ClNO3. The molecule has 0 aromatic heterocycles. The van der Waals surface area contributed by atoms with E-state index in [1.165, 1.54) is 4.90 Å². The lowest BCUT2D eigenvalue weighted by molar-refractivity contribution is -0.140. The van der Waals surface area contributed by atoms with Gasteiger partial charge in [-0.15, -0.1) is 0 Å². The van der Waals surface area contributed by atoms with Crippen LogP contribution in [0.1, 0.15) is 12.0 Å². The summed E-state index contributed by atoms with van der Waals surface area (Å²) in [6, 6.07) is 5.18. The van der Waals surface area contributed by atoms with Crippen molar-refractivity contribution in [2.75, 3.05) is 11.9 Å². The summed E-state index contributed by atoms with van der Waals surface area (Å²) in [5.74, 6) is -1.67. The Hall–Kier alpha value is -1.55. The van der Waals surface area contributed by atoms with Crippen LogP contribution in [-0.2, 0) is 15.0 Å². The summed E-state index contributed by atoms with van der Waals surface area (Å²) in [4.78, 5) is 24.8. The Morgan fingerprint density at radius 2 is 2.29 bits per heavy atom. The number of hydrogen-bond acceptors (Lipinski definition) is 2. The number of carbonyl (C=O) groups is 2. The zero-order chi connectivity index (χ0) is 12.4. The number of likely N-dealkylation sites (N-methyl/N-ethyl adjacent to an activating group) is 1. The Labute approximate surface area is 103 Å². The van der Waals surface area contributed by atoms with Crippen LogP contribution in [0.15, 0.2) is 18.2 Å². The highest BCUT2D eigenvalue weighted by atomic mass is 35.5. The second kappa shape index (κ2) is 3.01. The average molecular weight is 252 g/mol. The summed E-state index contributed by atoms with van der Waals surface area (Å²) in [7, 11) is 1.67. The Morgan fingerprint density at radius 3 is 2.88 bits per heavy atom. The van der Waals surface area contributed by atoms with Gasteiger partial charge >= 0.3 is 5.97 Å². The quantitative estimate of drug-likeness (QED) is 0.826. The lowest BCUT2D eigenvalue weighted by Crippen LogP contribution is -2.30. The molecule has 1 fully saturated rings. The second-order valence-corrected chi connectivity index (χ2v) is 5.03. The van der Waals surface area contributed by atoms with E-state index in [0.717, 1.165) is 11.3 Å². The fraction of sp³-hybridized carbons (Fsp3) is 0.333. The lowest BCUT2D eigenvalue weighted by Gasteiger charge is -2.09. The molecule has 2 aliphatic rings. The molecule has 0 saturated heterocycles. The third-order valence-electron chi connectivity index (χ3n) is 3.75. The highest BCUT2D eigenvalue weighted by molar-refractivity contribution is 6.31. The third kappa shape index (κ3) is 1.13. The van der Waals surface area contributed by atoms with Crippen LogP contribution >= 0.6 is 11.6 Å². The molecule has 0 radical (unpaired) electrons. The molecule has 1 heterocycles. The maximum absolute atomic E-state index is 12.2. The van der Waals surface area contributed by atoms with E-state index in [1.807, 2.05) is 0 Å². The molecule has 1 aliphatic heterocycles. The van der Waals surface area contributed by atoms with E-state index in [9.17, 15) is 9.59 Å². The van der Waals surface area contributed by atoms with Crippen molar-refractivity contribution in [2.45, 2.75) is 11.8 Å². The summed E-state index contributed by atoms with van der Waals surface area (Å²) in [5.41, 5.74) is 0.661. The molecule has 4 nitrogen and oxygen atoms in total. The first-order valence-electron chi connectivity index (χ1n) is 5.29. The smallest absolute Gasteiger partial charge is 0.307 e. The molecule has 5 heteroatoms. The fourth-order valence-electron chi connectivity index (χ4n) is 2.78. The number of amides is 1. The van der Waals surface area contributed by atoms with E-state index >= 15 is 0 Å². The van der Waals surface area contributed by atoms with Crippen LogP contribution in [-0.4, -0.2) is 24.0 Å². The van der Waals surface area contributed by atoms with Gasteiger partial charge in [-0.25, -0.2) is 0 Å². The predicted molar refractivity (Wildman–Crippen MR) is 62.3 cm³/mol. The molecule has 1 saturated carbocycles. The summed E-state index contributed by atoms with van der Waals surface area (Å²) < 4.78 is 0. The summed E-state index contributed by atoms with van der Waals surface area (Å²) >= 11 is 5.92. The van der Waals surface area contributed by atoms with Crippen LogP contribution in [0.2, 0.25) is 5.02 Å². The molecule has 88 valence electrons. The molecule has 3 rings (SSSR count). The van der Waals surface area contributed by atoms with Crippen LogP contribution in [0, 0.1) is 5.92 Å². The van der Waals surface area contributed by atoms with Gasteiger partial charge in [-0.05, 0) is 30.2 Å². The SMILES string of the molecule is CN1C(=O)[C@]2(C[C@H]2C(=O)O)c2cc(Cl)ccc21. The number of carboxylic acids is 1. The highest BCUT2D eigenvalue weighted by Gasteiger charge is 2.69. The third-order valence-corrected chi connectivity index (χ3v) is 3.98. The van der Waals surface area contributed by atoms with E-state index in [4.69, 9.17) is 16.7 Å². The molecule has 17 heavy (non-hydrogen) atoms. The van der Waals surface area contributed by atoms with Crippen LogP contribution in [0.3, 0.4) is 0 Å². The standard InChI is InChI=1S/C12H10ClNO3/c1-14-9-3-2-6(13)4-7(9)12(11(14)17)5-8(12)10(15)16/h2-4,8H,5H2,1H3,(H,15,16)/t8-,12+/m0/s1. The van der Waals surface area contributed by atoms with Crippen molar-refractivity contribution in [3.63, 3.8) is 0 Å². The van der Waals surface area contributed by atoms with Crippen LogP contribution in [0.25, 0.3) is 0 Å². The maximum atomic E-state index is 12.2. The fourth-order valence-corrected chi connectivity index (χ4v) is 2.95. The van der Waals surface area contributed by atoms with Gasteiger partial charge in [-0.3, -0.25) is 9.59 Å². The van der Waals surface area contributed by atoms with Gasteiger partial charge < -0.3 is 10.0 Å².